The summed E-state index contributed by atoms with van der Waals surface area (Å²) in [6.07, 6.45) is 9.37. The number of rotatable bonds is 5. The summed E-state index contributed by atoms with van der Waals surface area (Å²) < 4.78 is 3.28. The second kappa shape index (κ2) is 8.70. The normalized spacial score (nSPS) is 14.2. The summed E-state index contributed by atoms with van der Waals surface area (Å²) in [4.78, 5) is 38.2. The molecular formula is C24H25N5O2S. The maximum absolute atomic E-state index is 13.0. The third-order valence-electron chi connectivity index (χ3n) is 5.97. The summed E-state index contributed by atoms with van der Waals surface area (Å²) in [6.45, 7) is 3.58. The maximum Gasteiger partial charge on any atom is 0.262 e. The van der Waals surface area contributed by atoms with Crippen LogP contribution in [0.15, 0.2) is 53.7 Å². The van der Waals surface area contributed by atoms with E-state index in [4.69, 9.17) is 4.98 Å². The van der Waals surface area contributed by atoms with E-state index in [1.807, 2.05) is 29.3 Å². The van der Waals surface area contributed by atoms with E-state index >= 15 is 0 Å². The zero-order chi connectivity index (χ0) is 22.1. The quantitative estimate of drug-likeness (QED) is 0.469. The number of likely N-dealkylation sites (tertiary alicyclic amines) is 1. The highest BCUT2D eigenvalue weighted by Gasteiger charge is 2.20. The average Bonchev–Trinajstić information content (AvgIpc) is 3.44. The van der Waals surface area contributed by atoms with Crippen LogP contribution in [0, 0.1) is 6.92 Å². The van der Waals surface area contributed by atoms with Crippen LogP contribution in [-0.4, -0.2) is 42.8 Å². The zero-order valence-corrected chi connectivity index (χ0v) is 18.8. The minimum absolute atomic E-state index is 0.0681. The third-order valence-corrected chi connectivity index (χ3v) is 6.97. The minimum atomic E-state index is -0.131. The Hall–Kier alpha value is -3.26. The van der Waals surface area contributed by atoms with Gasteiger partial charge in [0.15, 0.2) is 0 Å². The monoisotopic (exact) mass is 447 g/mol. The van der Waals surface area contributed by atoms with Crippen LogP contribution >= 0.6 is 11.3 Å². The van der Waals surface area contributed by atoms with E-state index in [1.165, 1.54) is 16.4 Å². The molecule has 3 aromatic heterocycles. The number of piperidine rings is 1. The fraction of sp³-hybridized carbons (Fsp3) is 0.333. The molecule has 1 amide bonds. The lowest BCUT2D eigenvalue weighted by Gasteiger charge is -2.26. The number of aromatic nitrogens is 4. The highest BCUT2D eigenvalue weighted by Crippen LogP contribution is 2.27. The molecule has 0 bridgehead atoms. The molecule has 0 aliphatic carbocycles. The van der Waals surface area contributed by atoms with Crippen LogP contribution in [0.5, 0.6) is 0 Å². The Kier molecular flexibility index (Phi) is 5.61. The van der Waals surface area contributed by atoms with Crippen molar-refractivity contribution in [3.8, 4) is 10.7 Å². The van der Waals surface area contributed by atoms with Crippen molar-refractivity contribution < 1.29 is 4.79 Å². The van der Waals surface area contributed by atoms with E-state index in [0.717, 1.165) is 42.2 Å². The first-order valence-electron chi connectivity index (χ1n) is 10.9. The van der Waals surface area contributed by atoms with Crippen LogP contribution < -0.4 is 5.56 Å². The van der Waals surface area contributed by atoms with Gasteiger partial charge in [0.2, 0.25) is 11.7 Å². The fourth-order valence-corrected chi connectivity index (χ4v) is 5.17. The standard InChI is InChI=1S/C24H25N5O2S/c1-17-21(22-25-15-19(32-22)14-18-8-4-2-5-9-18)26-24-28(12-13-29(24)23(17)31)16-20(30)27-10-6-3-7-11-27/h2,4-5,8-9,12-13,15H,3,6-7,10-11,14,16H2,1H3. The van der Waals surface area contributed by atoms with Crippen molar-refractivity contribution in [3.63, 3.8) is 0 Å². The van der Waals surface area contributed by atoms with Gasteiger partial charge in [-0.2, -0.15) is 0 Å². The number of carbonyl (C=O) groups excluding carboxylic acids is 1. The van der Waals surface area contributed by atoms with E-state index in [1.54, 1.807) is 35.2 Å². The largest absolute Gasteiger partial charge is 0.341 e. The Balaban J connectivity index is 1.46. The lowest BCUT2D eigenvalue weighted by molar-refractivity contribution is -0.132. The molecule has 0 atom stereocenters. The van der Waals surface area contributed by atoms with Gasteiger partial charge in [-0.25, -0.2) is 9.97 Å². The number of nitrogens with zero attached hydrogens (tertiary/aromatic N) is 5. The average molecular weight is 448 g/mol. The summed E-state index contributed by atoms with van der Waals surface area (Å²) >= 11 is 1.55. The Morgan fingerprint density at radius 3 is 2.66 bits per heavy atom. The van der Waals surface area contributed by atoms with Crippen LogP contribution in [0.3, 0.4) is 0 Å². The second-order valence-corrected chi connectivity index (χ2v) is 9.34. The van der Waals surface area contributed by atoms with Gasteiger partial charge in [0.1, 0.15) is 17.2 Å². The molecule has 8 heteroatoms. The van der Waals surface area contributed by atoms with E-state index < -0.39 is 0 Å². The maximum atomic E-state index is 13.0. The summed E-state index contributed by atoms with van der Waals surface area (Å²) in [7, 11) is 0. The van der Waals surface area contributed by atoms with Gasteiger partial charge in [-0.1, -0.05) is 30.3 Å². The van der Waals surface area contributed by atoms with Crippen molar-refractivity contribution >= 4 is 23.0 Å². The molecule has 0 spiro atoms. The topological polar surface area (TPSA) is 72.5 Å². The molecule has 1 aliphatic rings. The van der Waals surface area contributed by atoms with Gasteiger partial charge < -0.3 is 9.47 Å². The predicted molar refractivity (Wildman–Crippen MR) is 125 cm³/mol. The van der Waals surface area contributed by atoms with Crippen LogP contribution in [0.25, 0.3) is 16.5 Å². The van der Waals surface area contributed by atoms with Crippen LogP contribution in [0.4, 0.5) is 0 Å². The highest BCUT2D eigenvalue weighted by molar-refractivity contribution is 7.15. The molecule has 32 heavy (non-hydrogen) atoms. The van der Waals surface area contributed by atoms with Crippen molar-refractivity contribution in [2.24, 2.45) is 0 Å². The molecule has 164 valence electrons. The lowest BCUT2D eigenvalue weighted by Crippen LogP contribution is -2.37. The van der Waals surface area contributed by atoms with Crippen molar-refractivity contribution in [2.45, 2.75) is 39.2 Å². The Bertz CT molecular complexity index is 1320. The number of carbonyl (C=O) groups is 1. The SMILES string of the molecule is Cc1c(-c2ncc(Cc3ccccc3)s2)nc2n(CC(=O)N3CCCCC3)ccn2c1=O. The third kappa shape index (κ3) is 3.98. The molecule has 7 nitrogen and oxygen atoms in total. The summed E-state index contributed by atoms with van der Waals surface area (Å²) in [6, 6.07) is 10.2. The molecule has 0 N–H and O–H groups in total. The van der Waals surface area contributed by atoms with Crippen molar-refractivity contribution in [1.82, 2.24) is 23.8 Å². The number of benzene rings is 1. The van der Waals surface area contributed by atoms with Crippen molar-refractivity contribution in [3.05, 3.63) is 75.3 Å². The Labute approximate surface area is 190 Å². The number of hydrogen-bond acceptors (Lipinski definition) is 5. The molecule has 5 rings (SSSR count). The van der Waals surface area contributed by atoms with Gasteiger partial charge in [-0.15, -0.1) is 11.3 Å². The van der Waals surface area contributed by atoms with Gasteiger partial charge >= 0.3 is 0 Å². The molecule has 4 aromatic rings. The summed E-state index contributed by atoms with van der Waals surface area (Å²) in [5.74, 6) is 0.541. The summed E-state index contributed by atoms with van der Waals surface area (Å²) in [5.41, 5.74) is 2.23. The van der Waals surface area contributed by atoms with Gasteiger partial charge in [0, 0.05) is 48.5 Å². The molecule has 1 fully saturated rings. The van der Waals surface area contributed by atoms with Gasteiger partial charge in [-0.05, 0) is 31.7 Å². The van der Waals surface area contributed by atoms with Crippen LogP contribution in [-0.2, 0) is 17.8 Å². The second-order valence-electron chi connectivity index (χ2n) is 8.22. The number of fused-ring (bicyclic) bond motifs is 1. The molecule has 1 aliphatic heterocycles. The first kappa shape index (κ1) is 20.6. The molecule has 0 radical (unpaired) electrons. The first-order valence-corrected chi connectivity index (χ1v) is 11.8. The van der Waals surface area contributed by atoms with Gasteiger partial charge in [0.05, 0.1) is 0 Å². The molecule has 0 unspecified atom stereocenters. The molecule has 1 aromatic carbocycles. The number of hydrogen-bond donors (Lipinski definition) is 0. The van der Waals surface area contributed by atoms with Crippen molar-refractivity contribution in [1.29, 1.82) is 0 Å². The smallest absolute Gasteiger partial charge is 0.262 e. The molecule has 1 saturated heterocycles. The lowest BCUT2D eigenvalue weighted by atomic mass is 10.1. The van der Waals surface area contributed by atoms with E-state index in [0.29, 0.717) is 17.0 Å². The Morgan fingerprint density at radius 1 is 1.09 bits per heavy atom. The molecule has 0 saturated carbocycles. The fourth-order valence-electron chi connectivity index (χ4n) is 4.18. The van der Waals surface area contributed by atoms with Crippen LogP contribution in [0.2, 0.25) is 0 Å². The van der Waals surface area contributed by atoms with Crippen molar-refractivity contribution in [2.75, 3.05) is 13.1 Å². The van der Waals surface area contributed by atoms with E-state index in [-0.39, 0.29) is 18.0 Å². The van der Waals surface area contributed by atoms with Crippen LogP contribution in [0.1, 0.15) is 35.3 Å². The zero-order valence-electron chi connectivity index (χ0n) is 18.0. The number of imidazole rings is 1. The predicted octanol–water partition coefficient (Wildman–Crippen LogP) is 3.53. The summed E-state index contributed by atoms with van der Waals surface area (Å²) in [5, 5.41) is 0.725. The highest BCUT2D eigenvalue weighted by atomic mass is 32.1. The molecule has 4 heterocycles. The van der Waals surface area contributed by atoms with Gasteiger partial charge in [-0.3, -0.25) is 14.0 Å². The Morgan fingerprint density at radius 2 is 1.88 bits per heavy atom. The number of amides is 1. The first-order chi connectivity index (χ1) is 15.6. The molecular weight excluding hydrogens is 422 g/mol. The minimum Gasteiger partial charge on any atom is -0.341 e. The van der Waals surface area contributed by atoms with Gasteiger partial charge in [0.25, 0.3) is 5.56 Å². The van der Waals surface area contributed by atoms with E-state index in [9.17, 15) is 9.59 Å². The van der Waals surface area contributed by atoms with E-state index in [2.05, 4.69) is 17.1 Å². The number of thiazole rings is 1.